The maximum absolute atomic E-state index is 12.7. The summed E-state index contributed by atoms with van der Waals surface area (Å²) in [6.45, 7) is 4.33. The van der Waals surface area contributed by atoms with Crippen LogP contribution in [0.1, 0.15) is 28.4 Å². The van der Waals surface area contributed by atoms with Gasteiger partial charge in [-0.05, 0) is 63.8 Å². The van der Waals surface area contributed by atoms with E-state index in [0.29, 0.717) is 23.7 Å². The summed E-state index contributed by atoms with van der Waals surface area (Å²) in [4.78, 5) is 12.7. The number of fused-ring (bicyclic) bond motifs is 1. The van der Waals surface area contributed by atoms with Gasteiger partial charge in [-0.25, -0.2) is 5.43 Å². The molecule has 0 aliphatic carbocycles. The lowest BCUT2D eigenvalue weighted by atomic mass is 9.99. The van der Waals surface area contributed by atoms with Gasteiger partial charge < -0.3 is 9.47 Å². The smallest absolute Gasteiger partial charge is 0.272 e. The Labute approximate surface area is 172 Å². The van der Waals surface area contributed by atoms with E-state index in [-0.39, 0.29) is 5.91 Å². The van der Waals surface area contributed by atoms with E-state index in [0.717, 1.165) is 26.4 Å². The van der Waals surface area contributed by atoms with Crippen LogP contribution in [0.5, 0.6) is 11.5 Å². The first-order valence-electron chi connectivity index (χ1n) is 8.87. The second kappa shape index (κ2) is 8.89. The van der Waals surface area contributed by atoms with Crippen LogP contribution in [-0.4, -0.2) is 25.8 Å². The van der Waals surface area contributed by atoms with Crippen molar-refractivity contribution >= 4 is 38.8 Å². The number of amides is 1. The third-order valence-electron chi connectivity index (χ3n) is 4.28. The van der Waals surface area contributed by atoms with Gasteiger partial charge in [-0.1, -0.05) is 36.4 Å². The number of methoxy groups -OCH3 is 1. The fourth-order valence-corrected chi connectivity index (χ4v) is 3.65. The summed E-state index contributed by atoms with van der Waals surface area (Å²) in [7, 11) is 1.59. The van der Waals surface area contributed by atoms with Gasteiger partial charge in [0.05, 0.1) is 30.0 Å². The number of carbonyl (C=O) groups excluding carboxylic acids is 1. The molecule has 1 N–H and O–H groups in total. The maximum atomic E-state index is 12.7. The normalized spacial score (nSPS) is 11.0. The van der Waals surface area contributed by atoms with E-state index < -0.39 is 0 Å². The lowest BCUT2D eigenvalue weighted by Crippen LogP contribution is -2.19. The molecule has 0 aliphatic rings. The highest BCUT2D eigenvalue weighted by atomic mass is 79.9. The van der Waals surface area contributed by atoms with Crippen LogP contribution >= 0.6 is 15.9 Å². The van der Waals surface area contributed by atoms with E-state index in [2.05, 4.69) is 26.5 Å². The molecule has 1 amide bonds. The number of hydrogen-bond acceptors (Lipinski definition) is 4. The van der Waals surface area contributed by atoms with E-state index in [4.69, 9.17) is 9.47 Å². The first-order chi connectivity index (χ1) is 13.5. The Morgan fingerprint density at radius 1 is 1.21 bits per heavy atom. The molecule has 0 atom stereocenters. The summed E-state index contributed by atoms with van der Waals surface area (Å²) in [5.41, 5.74) is 4.92. The van der Waals surface area contributed by atoms with Gasteiger partial charge >= 0.3 is 0 Å². The molecule has 0 spiro atoms. The molecule has 0 heterocycles. The lowest BCUT2D eigenvalue weighted by Gasteiger charge is -2.12. The number of aryl methyl sites for hydroxylation is 1. The zero-order valence-corrected chi connectivity index (χ0v) is 17.5. The fourth-order valence-electron chi connectivity index (χ4n) is 3.03. The largest absolute Gasteiger partial charge is 0.492 e. The number of carbonyl (C=O) groups is 1. The number of ether oxygens (including phenoxy) is 2. The monoisotopic (exact) mass is 440 g/mol. The predicted octanol–water partition coefficient (Wildman–Crippen LogP) is 5.08. The zero-order chi connectivity index (χ0) is 20.1. The second-order valence-corrected chi connectivity index (χ2v) is 7.00. The molecule has 0 fully saturated rings. The highest BCUT2D eigenvalue weighted by Crippen LogP contribution is 2.36. The molecule has 5 nitrogen and oxygen atoms in total. The number of hydrazone groups is 1. The topological polar surface area (TPSA) is 59.9 Å². The van der Waals surface area contributed by atoms with Gasteiger partial charge in [0, 0.05) is 0 Å². The minimum Gasteiger partial charge on any atom is -0.492 e. The third-order valence-corrected chi connectivity index (χ3v) is 4.87. The van der Waals surface area contributed by atoms with E-state index in [1.54, 1.807) is 13.3 Å². The molecule has 0 aliphatic heterocycles. The van der Waals surface area contributed by atoms with Gasteiger partial charge in [-0.3, -0.25) is 4.79 Å². The van der Waals surface area contributed by atoms with Gasteiger partial charge in [0.15, 0.2) is 11.5 Å². The number of rotatable bonds is 6. The van der Waals surface area contributed by atoms with E-state index >= 15 is 0 Å². The molecule has 0 unspecified atom stereocenters. The Morgan fingerprint density at radius 2 is 2.00 bits per heavy atom. The van der Waals surface area contributed by atoms with Gasteiger partial charge in [-0.15, -0.1) is 0 Å². The first-order valence-corrected chi connectivity index (χ1v) is 9.66. The molecule has 28 heavy (non-hydrogen) atoms. The number of benzene rings is 3. The molecule has 0 saturated heterocycles. The van der Waals surface area contributed by atoms with Gasteiger partial charge in [0.25, 0.3) is 5.91 Å². The average molecular weight is 441 g/mol. The van der Waals surface area contributed by atoms with E-state index in [1.807, 2.05) is 62.4 Å². The van der Waals surface area contributed by atoms with E-state index in [9.17, 15) is 4.79 Å². The summed E-state index contributed by atoms with van der Waals surface area (Å²) < 4.78 is 11.7. The number of nitrogens with one attached hydrogen (secondary N) is 1. The van der Waals surface area contributed by atoms with Crippen LogP contribution in [0.25, 0.3) is 10.8 Å². The van der Waals surface area contributed by atoms with Crippen molar-refractivity contribution in [1.29, 1.82) is 0 Å². The SMILES string of the molecule is CCOc1cc(/C=N\NC(=O)c2c(C)ccc3ccccc23)cc(Br)c1OC. The van der Waals surface area contributed by atoms with Crippen molar-refractivity contribution in [1.82, 2.24) is 5.43 Å². The van der Waals surface area contributed by atoms with Crippen LogP contribution in [0.15, 0.2) is 58.1 Å². The van der Waals surface area contributed by atoms with E-state index in [1.165, 1.54) is 0 Å². The molecule has 0 aromatic heterocycles. The van der Waals surface area contributed by atoms with Gasteiger partial charge in [0.1, 0.15) is 0 Å². The average Bonchev–Trinajstić information content (AvgIpc) is 2.68. The van der Waals surface area contributed by atoms with Crippen molar-refractivity contribution in [2.24, 2.45) is 5.10 Å². The molecule has 6 heteroatoms. The van der Waals surface area contributed by atoms with Crippen LogP contribution in [0, 0.1) is 6.92 Å². The van der Waals surface area contributed by atoms with Crippen LogP contribution in [0.4, 0.5) is 0 Å². The van der Waals surface area contributed by atoms with Crippen LogP contribution in [0.2, 0.25) is 0 Å². The Balaban J connectivity index is 1.84. The molecule has 3 aromatic carbocycles. The van der Waals surface area contributed by atoms with Crippen molar-refractivity contribution < 1.29 is 14.3 Å². The zero-order valence-electron chi connectivity index (χ0n) is 16.0. The molecular formula is C22H21BrN2O3. The van der Waals surface area contributed by atoms with Crippen LogP contribution < -0.4 is 14.9 Å². The van der Waals surface area contributed by atoms with Crippen molar-refractivity contribution in [3.05, 3.63) is 69.7 Å². The minimum atomic E-state index is -0.247. The fraction of sp³-hybridized carbons (Fsp3) is 0.182. The maximum Gasteiger partial charge on any atom is 0.272 e. The lowest BCUT2D eigenvalue weighted by molar-refractivity contribution is 0.0956. The molecule has 144 valence electrons. The van der Waals surface area contributed by atoms with Crippen LogP contribution in [-0.2, 0) is 0 Å². The molecule has 0 radical (unpaired) electrons. The van der Waals surface area contributed by atoms with Crippen molar-refractivity contribution in [2.45, 2.75) is 13.8 Å². The van der Waals surface area contributed by atoms with Crippen molar-refractivity contribution in [3.63, 3.8) is 0 Å². The number of hydrogen-bond donors (Lipinski definition) is 1. The summed E-state index contributed by atoms with van der Waals surface area (Å²) in [5, 5.41) is 6.04. The molecule has 0 saturated carbocycles. The third kappa shape index (κ3) is 4.17. The first kappa shape index (κ1) is 19.9. The van der Waals surface area contributed by atoms with Crippen molar-refractivity contribution in [3.8, 4) is 11.5 Å². The molecule has 0 bridgehead atoms. The summed E-state index contributed by atoms with van der Waals surface area (Å²) >= 11 is 3.47. The molecule has 3 aromatic rings. The van der Waals surface area contributed by atoms with Gasteiger partial charge in [0.2, 0.25) is 0 Å². The highest BCUT2D eigenvalue weighted by Gasteiger charge is 2.13. The standard InChI is InChI=1S/C22H21BrN2O3/c1-4-28-19-12-15(11-18(23)21(19)27-3)13-24-25-22(26)20-14(2)9-10-16-7-5-6-8-17(16)20/h5-13H,4H2,1-3H3,(H,25,26)/b24-13-. The summed E-state index contributed by atoms with van der Waals surface area (Å²) in [5.74, 6) is 0.981. The Hall–Kier alpha value is -2.86. The predicted molar refractivity (Wildman–Crippen MR) is 116 cm³/mol. The summed E-state index contributed by atoms with van der Waals surface area (Å²) in [6, 6.07) is 15.4. The van der Waals surface area contributed by atoms with Gasteiger partial charge in [-0.2, -0.15) is 5.10 Å². The molecular weight excluding hydrogens is 420 g/mol. The second-order valence-electron chi connectivity index (χ2n) is 6.14. The number of halogens is 1. The quantitative estimate of drug-likeness (QED) is 0.429. The highest BCUT2D eigenvalue weighted by molar-refractivity contribution is 9.10. The molecule has 3 rings (SSSR count). The minimum absolute atomic E-state index is 0.247. The Bertz CT molecular complexity index is 1050. The van der Waals surface area contributed by atoms with Crippen molar-refractivity contribution in [2.75, 3.05) is 13.7 Å². The Morgan fingerprint density at radius 3 is 2.75 bits per heavy atom. The van der Waals surface area contributed by atoms with Crippen LogP contribution in [0.3, 0.4) is 0 Å². The Kier molecular flexibility index (Phi) is 6.31. The number of nitrogens with zero attached hydrogens (tertiary/aromatic N) is 1. The summed E-state index contributed by atoms with van der Waals surface area (Å²) in [6.07, 6.45) is 1.57.